The second kappa shape index (κ2) is 6.74. The zero-order valence-corrected chi connectivity index (χ0v) is 13.7. The minimum Gasteiger partial charge on any atom is -0.481 e. The molecule has 2 atom stereocenters. The van der Waals surface area contributed by atoms with E-state index in [0.717, 1.165) is 6.26 Å². The summed E-state index contributed by atoms with van der Waals surface area (Å²) in [5, 5.41) is 8.93. The van der Waals surface area contributed by atoms with E-state index in [2.05, 4.69) is 4.72 Å². The topological polar surface area (TPSA) is 104 Å². The molecular weight excluding hydrogens is 296 g/mol. The first-order valence-corrected chi connectivity index (χ1v) is 8.89. The number of hydrogen-bond acceptors (Lipinski definition) is 4. The van der Waals surface area contributed by atoms with Crippen LogP contribution in [-0.4, -0.2) is 55.7 Å². The molecule has 7 nitrogen and oxygen atoms in total. The van der Waals surface area contributed by atoms with Crippen molar-refractivity contribution in [3.8, 4) is 0 Å². The molecule has 0 aromatic heterocycles. The maximum Gasteiger partial charge on any atom is 0.306 e. The molecule has 2 unspecified atom stereocenters. The number of carbonyl (C=O) groups is 2. The van der Waals surface area contributed by atoms with Crippen molar-refractivity contribution in [2.75, 3.05) is 19.3 Å². The lowest BCUT2D eigenvalue weighted by molar-refractivity contribution is -0.151. The van der Waals surface area contributed by atoms with Gasteiger partial charge in [0.05, 0.1) is 12.2 Å². The lowest BCUT2D eigenvalue weighted by Crippen LogP contribution is -2.59. The summed E-state index contributed by atoms with van der Waals surface area (Å²) in [4.78, 5) is 24.7. The molecule has 1 saturated heterocycles. The van der Waals surface area contributed by atoms with Crippen molar-refractivity contribution in [2.45, 2.75) is 33.2 Å². The number of aliphatic carboxylic acids is 1. The van der Waals surface area contributed by atoms with Gasteiger partial charge in [0.25, 0.3) is 0 Å². The van der Waals surface area contributed by atoms with E-state index < -0.39 is 28.0 Å². The molecule has 1 aliphatic rings. The van der Waals surface area contributed by atoms with Crippen molar-refractivity contribution in [3.63, 3.8) is 0 Å². The van der Waals surface area contributed by atoms with Crippen LogP contribution in [0.4, 0.5) is 0 Å². The number of carboxylic acids is 1. The minimum absolute atomic E-state index is 0.0654. The standard InChI is InChI=1S/C13H24N2O5S/c1-8(2)5-11(14-21(4,19)20)12(16)15-6-10(7-15)9(3)13(17)18/h8-11,14H,5-7H2,1-4H3,(H,17,18). The summed E-state index contributed by atoms with van der Waals surface area (Å²) in [6.07, 6.45) is 1.45. The highest BCUT2D eigenvalue weighted by Gasteiger charge is 2.39. The van der Waals surface area contributed by atoms with Gasteiger partial charge in [0, 0.05) is 19.0 Å². The van der Waals surface area contributed by atoms with Crippen LogP contribution in [-0.2, 0) is 19.6 Å². The fourth-order valence-corrected chi connectivity index (χ4v) is 3.07. The quantitative estimate of drug-likeness (QED) is 0.694. The fourth-order valence-electron chi connectivity index (χ4n) is 2.36. The summed E-state index contributed by atoms with van der Waals surface area (Å²) < 4.78 is 25.1. The van der Waals surface area contributed by atoms with Crippen molar-refractivity contribution in [2.24, 2.45) is 17.8 Å². The number of rotatable bonds is 7. The summed E-state index contributed by atoms with van der Waals surface area (Å²) in [6, 6.07) is -0.777. The van der Waals surface area contributed by atoms with Crippen LogP contribution in [0, 0.1) is 17.8 Å². The number of nitrogens with one attached hydrogen (secondary N) is 1. The zero-order chi connectivity index (χ0) is 16.4. The summed E-state index contributed by atoms with van der Waals surface area (Å²) in [6.45, 7) is 6.18. The highest BCUT2D eigenvalue weighted by atomic mass is 32.2. The van der Waals surface area contributed by atoms with E-state index in [1.54, 1.807) is 6.92 Å². The maximum absolute atomic E-state index is 12.3. The van der Waals surface area contributed by atoms with E-state index in [9.17, 15) is 18.0 Å². The molecule has 0 aromatic rings. The summed E-state index contributed by atoms with van der Waals surface area (Å²) in [5.41, 5.74) is 0. The van der Waals surface area contributed by atoms with Gasteiger partial charge in [0.15, 0.2) is 0 Å². The van der Waals surface area contributed by atoms with E-state index in [4.69, 9.17) is 5.11 Å². The second-order valence-electron chi connectivity index (χ2n) is 6.20. The number of carbonyl (C=O) groups excluding carboxylic acids is 1. The molecule has 8 heteroatoms. The van der Waals surface area contributed by atoms with Gasteiger partial charge in [0.1, 0.15) is 6.04 Å². The van der Waals surface area contributed by atoms with Crippen LogP contribution in [0.15, 0.2) is 0 Å². The van der Waals surface area contributed by atoms with E-state index in [-0.39, 0.29) is 17.7 Å². The molecule has 2 N–H and O–H groups in total. The first-order chi connectivity index (χ1) is 9.51. The summed E-state index contributed by atoms with van der Waals surface area (Å²) in [7, 11) is -3.47. The van der Waals surface area contributed by atoms with Crippen LogP contribution < -0.4 is 4.72 Å². The van der Waals surface area contributed by atoms with E-state index in [1.807, 2.05) is 13.8 Å². The molecular formula is C13H24N2O5S. The first kappa shape index (κ1) is 17.9. The Kier molecular flexibility index (Phi) is 5.75. The van der Waals surface area contributed by atoms with E-state index >= 15 is 0 Å². The fraction of sp³-hybridized carbons (Fsp3) is 0.846. The summed E-state index contributed by atoms with van der Waals surface area (Å²) >= 11 is 0. The number of sulfonamides is 1. The third-order valence-corrected chi connectivity index (χ3v) is 4.39. The third-order valence-electron chi connectivity index (χ3n) is 3.68. The van der Waals surface area contributed by atoms with Crippen molar-refractivity contribution in [1.29, 1.82) is 0 Å². The Hall–Kier alpha value is -1.15. The van der Waals surface area contributed by atoms with E-state index in [0.29, 0.717) is 19.5 Å². The highest BCUT2D eigenvalue weighted by molar-refractivity contribution is 7.88. The summed E-state index contributed by atoms with van der Waals surface area (Å²) in [5.74, 6) is -1.55. The van der Waals surface area contributed by atoms with Gasteiger partial charge in [-0.25, -0.2) is 13.1 Å². The number of likely N-dealkylation sites (tertiary alicyclic amines) is 1. The molecule has 1 heterocycles. The number of hydrogen-bond donors (Lipinski definition) is 2. The lowest BCUT2D eigenvalue weighted by Gasteiger charge is -2.42. The number of nitrogens with zero attached hydrogens (tertiary/aromatic N) is 1. The van der Waals surface area contributed by atoms with Gasteiger partial charge in [-0.15, -0.1) is 0 Å². The maximum atomic E-state index is 12.3. The molecule has 1 fully saturated rings. The first-order valence-electron chi connectivity index (χ1n) is 7.00. The Morgan fingerprint density at radius 2 is 1.81 bits per heavy atom. The average molecular weight is 320 g/mol. The Morgan fingerprint density at radius 1 is 1.29 bits per heavy atom. The van der Waals surface area contributed by atoms with Crippen LogP contribution in [0.1, 0.15) is 27.2 Å². The van der Waals surface area contributed by atoms with Gasteiger partial charge in [-0.1, -0.05) is 20.8 Å². The van der Waals surface area contributed by atoms with Gasteiger partial charge in [-0.05, 0) is 12.3 Å². The number of amides is 1. The smallest absolute Gasteiger partial charge is 0.306 e. The lowest BCUT2D eigenvalue weighted by atomic mass is 9.86. The SMILES string of the molecule is CC(C)CC(NS(C)(=O)=O)C(=O)N1CC(C(C)C(=O)O)C1. The normalized spacial score (nSPS) is 19.2. The predicted molar refractivity (Wildman–Crippen MR) is 78.1 cm³/mol. The van der Waals surface area contributed by atoms with Crippen LogP contribution in [0.25, 0.3) is 0 Å². The van der Waals surface area contributed by atoms with Crippen LogP contribution in [0.3, 0.4) is 0 Å². The monoisotopic (exact) mass is 320 g/mol. The Morgan fingerprint density at radius 3 is 2.19 bits per heavy atom. The molecule has 0 aromatic carbocycles. The van der Waals surface area contributed by atoms with Gasteiger partial charge in [0.2, 0.25) is 15.9 Å². The van der Waals surface area contributed by atoms with Gasteiger partial charge < -0.3 is 10.0 Å². The third kappa shape index (κ3) is 5.28. The molecule has 1 aliphatic heterocycles. The van der Waals surface area contributed by atoms with Crippen molar-refractivity contribution >= 4 is 21.9 Å². The Bertz CT molecular complexity index is 497. The molecule has 0 aliphatic carbocycles. The molecule has 0 spiro atoms. The van der Waals surface area contributed by atoms with Crippen molar-refractivity contribution in [1.82, 2.24) is 9.62 Å². The number of carboxylic acid groups (broad SMARTS) is 1. The molecule has 21 heavy (non-hydrogen) atoms. The van der Waals surface area contributed by atoms with Gasteiger partial charge >= 0.3 is 5.97 Å². The zero-order valence-electron chi connectivity index (χ0n) is 12.9. The van der Waals surface area contributed by atoms with E-state index in [1.165, 1.54) is 4.90 Å². The Labute approximate surface area is 125 Å². The second-order valence-corrected chi connectivity index (χ2v) is 7.98. The molecule has 0 saturated carbocycles. The van der Waals surface area contributed by atoms with Crippen LogP contribution in [0.2, 0.25) is 0 Å². The molecule has 1 amide bonds. The average Bonchev–Trinajstić information content (AvgIpc) is 2.22. The largest absolute Gasteiger partial charge is 0.481 e. The van der Waals surface area contributed by atoms with Crippen molar-refractivity contribution in [3.05, 3.63) is 0 Å². The van der Waals surface area contributed by atoms with Crippen LogP contribution >= 0.6 is 0 Å². The minimum atomic E-state index is -3.47. The Balaban J connectivity index is 2.65. The highest BCUT2D eigenvalue weighted by Crippen LogP contribution is 2.25. The van der Waals surface area contributed by atoms with Gasteiger partial charge in [-0.3, -0.25) is 9.59 Å². The molecule has 0 bridgehead atoms. The molecule has 122 valence electrons. The van der Waals surface area contributed by atoms with Crippen LogP contribution in [0.5, 0.6) is 0 Å². The molecule has 1 rings (SSSR count). The molecule has 0 radical (unpaired) electrons. The van der Waals surface area contributed by atoms with Gasteiger partial charge in [-0.2, -0.15) is 0 Å². The predicted octanol–water partition coefficient (Wildman–Crippen LogP) is 0.129. The van der Waals surface area contributed by atoms with Crippen molar-refractivity contribution < 1.29 is 23.1 Å².